The van der Waals surface area contributed by atoms with Crippen molar-refractivity contribution in [1.82, 2.24) is 5.32 Å². The highest BCUT2D eigenvalue weighted by Crippen LogP contribution is 2.23. The van der Waals surface area contributed by atoms with Gasteiger partial charge in [-0.3, -0.25) is 4.79 Å². The fourth-order valence-electron chi connectivity index (χ4n) is 2.77. The topological polar surface area (TPSA) is 42.2 Å². The zero-order valence-electron chi connectivity index (χ0n) is 13.5. The van der Waals surface area contributed by atoms with Gasteiger partial charge in [0.1, 0.15) is 5.58 Å². The normalized spacial score (nSPS) is 12.3. The molecule has 3 rings (SSSR count). The Morgan fingerprint density at radius 2 is 1.96 bits per heavy atom. The van der Waals surface area contributed by atoms with E-state index in [4.69, 9.17) is 4.42 Å². The Kier molecular flexibility index (Phi) is 4.47. The highest BCUT2D eigenvalue weighted by atomic mass is 16.3. The number of amides is 1. The number of hydrogen-bond acceptors (Lipinski definition) is 2. The molecule has 2 aromatic carbocycles. The van der Waals surface area contributed by atoms with Gasteiger partial charge in [0.2, 0.25) is 5.91 Å². The maximum absolute atomic E-state index is 12.3. The van der Waals surface area contributed by atoms with Crippen molar-refractivity contribution in [3.05, 3.63) is 71.5 Å². The van der Waals surface area contributed by atoms with E-state index in [0.29, 0.717) is 6.42 Å². The molecule has 0 spiro atoms. The van der Waals surface area contributed by atoms with E-state index in [9.17, 15) is 4.79 Å². The summed E-state index contributed by atoms with van der Waals surface area (Å²) in [7, 11) is 0. The summed E-state index contributed by atoms with van der Waals surface area (Å²) < 4.78 is 5.60. The van der Waals surface area contributed by atoms with Gasteiger partial charge in [0.25, 0.3) is 0 Å². The number of carbonyl (C=O) groups is 1. The molecule has 1 amide bonds. The zero-order chi connectivity index (χ0) is 16.2. The molecule has 1 N–H and O–H groups in total. The molecule has 0 saturated heterocycles. The minimum absolute atomic E-state index is 0.00335. The highest BCUT2D eigenvalue weighted by Gasteiger charge is 2.13. The summed E-state index contributed by atoms with van der Waals surface area (Å²) in [4.78, 5) is 12.3. The monoisotopic (exact) mass is 307 g/mol. The van der Waals surface area contributed by atoms with E-state index in [-0.39, 0.29) is 11.9 Å². The molecule has 0 aliphatic rings. The molecule has 0 bridgehead atoms. The largest absolute Gasteiger partial charge is 0.464 e. The quantitative estimate of drug-likeness (QED) is 0.758. The second-order valence-corrected chi connectivity index (χ2v) is 5.82. The van der Waals surface area contributed by atoms with Gasteiger partial charge in [-0.1, -0.05) is 49.4 Å². The first-order valence-electron chi connectivity index (χ1n) is 8.00. The Morgan fingerprint density at radius 3 is 2.70 bits per heavy atom. The van der Waals surface area contributed by atoms with Crippen LogP contribution in [-0.2, 0) is 17.6 Å². The van der Waals surface area contributed by atoms with Crippen molar-refractivity contribution in [3.63, 3.8) is 0 Å². The summed E-state index contributed by atoms with van der Waals surface area (Å²) in [6, 6.07) is 16.1. The molecule has 1 aromatic heterocycles. The first kappa shape index (κ1) is 15.3. The minimum atomic E-state index is -0.00596. The Morgan fingerprint density at radius 1 is 1.17 bits per heavy atom. The summed E-state index contributed by atoms with van der Waals surface area (Å²) in [6.45, 7) is 4.11. The highest BCUT2D eigenvalue weighted by molar-refractivity contribution is 5.88. The summed E-state index contributed by atoms with van der Waals surface area (Å²) in [5, 5.41) is 4.06. The van der Waals surface area contributed by atoms with E-state index in [1.165, 1.54) is 5.56 Å². The van der Waals surface area contributed by atoms with E-state index in [2.05, 4.69) is 18.3 Å². The van der Waals surface area contributed by atoms with Gasteiger partial charge in [-0.15, -0.1) is 0 Å². The van der Waals surface area contributed by atoms with Gasteiger partial charge in [-0.25, -0.2) is 0 Å². The number of rotatable bonds is 5. The van der Waals surface area contributed by atoms with Crippen LogP contribution in [0.15, 0.2) is 59.2 Å². The molecule has 0 fully saturated rings. The number of nitrogens with one attached hydrogen (secondary N) is 1. The predicted molar refractivity (Wildman–Crippen MR) is 92.3 cm³/mol. The molecule has 1 atom stereocenters. The van der Waals surface area contributed by atoms with Crippen LogP contribution in [0.3, 0.4) is 0 Å². The van der Waals surface area contributed by atoms with E-state index in [1.807, 2.05) is 49.4 Å². The number of hydrogen-bond donors (Lipinski definition) is 1. The Balaban J connectivity index is 1.71. The first-order valence-corrected chi connectivity index (χ1v) is 8.00. The van der Waals surface area contributed by atoms with Gasteiger partial charge in [0.15, 0.2) is 0 Å². The third-order valence-corrected chi connectivity index (χ3v) is 4.16. The Hall–Kier alpha value is -2.55. The lowest BCUT2D eigenvalue weighted by Gasteiger charge is -2.14. The van der Waals surface area contributed by atoms with Crippen molar-refractivity contribution in [2.45, 2.75) is 32.7 Å². The molecule has 118 valence electrons. The SMILES string of the molecule is CCc1ccc2c(CC(=O)N[C@@H](C)c3ccccc3)coc2c1. The van der Waals surface area contributed by atoms with Crippen LogP contribution in [0, 0.1) is 0 Å². The van der Waals surface area contributed by atoms with Crippen LogP contribution >= 0.6 is 0 Å². The molecule has 3 nitrogen and oxygen atoms in total. The maximum atomic E-state index is 12.3. The van der Waals surface area contributed by atoms with Crippen molar-refractivity contribution in [2.75, 3.05) is 0 Å². The third kappa shape index (κ3) is 3.45. The van der Waals surface area contributed by atoms with Crippen LogP contribution in [0.1, 0.15) is 36.6 Å². The molecule has 0 radical (unpaired) electrons. The van der Waals surface area contributed by atoms with E-state index in [0.717, 1.165) is 28.5 Å². The number of carbonyl (C=O) groups excluding carboxylic acids is 1. The van der Waals surface area contributed by atoms with Crippen LogP contribution < -0.4 is 5.32 Å². The smallest absolute Gasteiger partial charge is 0.225 e. The van der Waals surface area contributed by atoms with Gasteiger partial charge in [0, 0.05) is 10.9 Å². The Bertz CT molecular complexity index is 805. The second kappa shape index (κ2) is 6.69. The van der Waals surface area contributed by atoms with Crippen LogP contribution in [-0.4, -0.2) is 5.91 Å². The average Bonchev–Trinajstić information content (AvgIpc) is 2.97. The lowest BCUT2D eigenvalue weighted by atomic mass is 10.1. The zero-order valence-corrected chi connectivity index (χ0v) is 13.5. The second-order valence-electron chi connectivity index (χ2n) is 5.82. The maximum Gasteiger partial charge on any atom is 0.225 e. The first-order chi connectivity index (χ1) is 11.2. The fourth-order valence-corrected chi connectivity index (χ4v) is 2.77. The van der Waals surface area contributed by atoms with E-state index >= 15 is 0 Å². The van der Waals surface area contributed by atoms with Gasteiger partial charge in [-0.2, -0.15) is 0 Å². The average molecular weight is 307 g/mol. The lowest BCUT2D eigenvalue weighted by molar-refractivity contribution is -0.121. The minimum Gasteiger partial charge on any atom is -0.464 e. The lowest BCUT2D eigenvalue weighted by Crippen LogP contribution is -2.27. The molecular weight excluding hydrogens is 286 g/mol. The number of aryl methyl sites for hydroxylation is 1. The summed E-state index contributed by atoms with van der Waals surface area (Å²) in [6.07, 6.45) is 2.99. The molecule has 3 heteroatoms. The molecule has 23 heavy (non-hydrogen) atoms. The molecule has 0 saturated carbocycles. The van der Waals surface area contributed by atoms with Gasteiger partial charge >= 0.3 is 0 Å². The molecule has 0 aliphatic carbocycles. The third-order valence-electron chi connectivity index (χ3n) is 4.16. The predicted octanol–water partition coefficient (Wildman–Crippen LogP) is 4.42. The molecule has 0 unspecified atom stereocenters. The van der Waals surface area contributed by atoms with Gasteiger partial charge in [0.05, 0.1) is 18.7 Å². The fraction of sp³-hybridized carbons (Fsp3) is 0.250. The number of fused-ring (bicyclic) bond motifs is 1. The molecule has 3 aromatic rings. The van der Waals surface area contributed by atoms with Crippen molar-refractivity contribution in [2.24, 2.45) is 0 Å². The molecular formula is C20H21NO2. The van der Waals surface area contributed by atoms with Crippen molar-refractivity contribution in [3.8, 4) is 0 Å². The molecule has 1 heterocycles. The van der Waals surface area contributed by atoms with Gasteiger partial charge in [-0.05, 0) is 30.5 Å². The number of benzene rings is 2. The van der Waals surface area contributed by atoms with Crippen LogP contribution in [0.2, 0.25) is 0 Å². The summed E-state index contributed by atoms with van der Waals surface area (Å²) in [5.74, 6) is 0.00335. The van der Waals surface area contributed by atoms with E-state index < -0.39 is 0 Å². The summed E-state index contributed by atoms with van der Waals surface area (Å²) >= 11 is 0. The van der Waals surface area contributed by atoms with E-state index in [1.54, 1.807) is 6.26 Å². The van der Waals surface area contributed by atoms with Gasteiger partial charge < -0.3 is 9.73 Å². The Labute approximate surface area is 136 Å². The standard InChI is InChI=1S/C20H21NO2/c1-3-15-9-10-18-17(13-23-19(18)11-15)12-20(22)21-14(2)16-7-5-4-6-8-16/h4-11,13-14H,3,12H2,1-2H3,(H,21,22)/t14-/m0/s1. The van der Waals surface area contributed by atoms with Crippen molar-refractivity contribution >= 4 is 16.9 Å². The van der Waals surface area contributed by atoms with Crippen molar-refractivity contribution in [1.29, 1.82) is 0 Å². The van der Waals surface area contributed by atoms with Crippen LogP contribution in [0.4, 0.5) is 0 Å². The number of furan rings is 1. The van der Waals surface area contributed by atoms with Crippen molar-refractivity contribution < 1.29 is 9.21 Å². The summed E-state index contributed by atoms with van der Waals surface area (Å²) in [5.41, 5.74) is 4.12. The molecule has 0 aliphatic heterocycles. The van der Waals surface area contributed by atoms with Crippen LogP contribution in [0.25, 0.3) is 11.0 Å². The van der Waals surface area contributed by atoms with Crippen LogP contribution in [0.5, 0.6) is 0 Å².